The van der Waals surface area contributed by atoms with Crippen LogP contribution >= 0.6 is 0 Å². The summed E-state index contributed by atoms with van der Waals surface area (Å²) >= 11 is 0. The summed E-state index contributed by atoms with van der Waals surface area (Å²) in [5, 5.41) is 0. The maximum absolute atomic E-state index is 12.5. The number of hydrogen-bond acceptors (Lipinski definition) is 4. The average Bonchev–Trinajstić information content (AvgIpc) is 3.42. The van der Waals surface area contributed by atoms with E-state index in [1.807, 2.05) is 48.5 Å². The number of ether oxygens (including phenoxy) is 2. The van der Waals surface area contributed by atoms with Crippen LogP contribution in [0.2, 0.25) is 0 Å². The third-order valence-electron chi connectivity index (χ3n) is 7.28. The van der Waals surface area contributed by atoms with Crippen molar-refractivity contribution in [3.63, 3.8) is 0 Å². The molecule has 4 aromatic rings. The molecule has 0 saturated heterocycles. The molecule has 2 aliphatic rings. The van der Waals surface area contributed by atoms with Crippen molar-refractivity contribution in [3.05, 3.63) is 119 Å². The number of fused-ring (bicyclic) bond motifs is 6. The first-order valence-electron chi connectivity index (χ1n) is 12.4. The molecular formula is C32H26O4. The molecule has 0 aliphatic heterocycles. The van der Waals surface area contributed by atoms with Crippen molar-refractivity contribution in [2.24, 2.45) is 0 Å². The van der Waals surface area contributed by atoms with E-state index in [0.717, 1.165) is 0 Å². The van der Waals surface area contributed by atoms with E-state index in [2.05, 4.69) is 48.5 Å². The third kappa shape index (κ3) is 3.99. The van der Waals surface area contributed by atoms with Crippen LogP contribution < -0.4 is 0 Å². The quantitative estimate of drug-likeness (QED) is 0.288. The molecule has 4 nitrogen and oxygen atoms in total. The Labute approximate surface area is 210 Å². The fourth-order valence-corrected chi connectivity index (χ4v) is 5.58. The lowest BCUT2D eigenvalue weighted by atomic mass is 9.98. The van der Waals surface area contributed by atoms with Crippen molar-refractivity contribution in [2.45, 2.75) is 24.7 Å². The summed E-state index contributed by atoms with van der Waals surface area (Å²) in [6, 6.07) is 32.9. The zero-order valence-corrected chi connectivity index (χ0v) is 19.9. The van der Waals surface area contributed by atoms with Gasteiger partial charge in [0.1, 0.15) is 13.2 Å². The van der Waals surface area contributed by atoms with Crippen LogP contribution in [0.15, 0.2) is 97.1 Å². The number of rotatable bonds is 7. The van der Waals surface area contributed by atoms with Gasteiger partial charge in [0, 0.05) is 11.8 Å². The fraction of sp³-hybridized carbons (Fsp3) is 0.188. The van der Waals surface area contributed by atoms with Gasteiger partial charge in [-0.15, -0.1) is 0 Å². The first-order chi connectivity index (χ1) is 17.7. The van der Waals surface area contributed by atoms with Crippen molar-refractivity contribution in [3.8, 4) is 22.3 Å². The maximum atomic E-state index is 12.5. The number of hydrogen-bond donors (Lipinski definition) is 0. The van der Waals surface area contributed by atoms with Crippen LogP contribution in [-0.4, -0.2) is 25.2 Å². The van der Waals surface area contributed by atoms with Gasteiger partial charge in [-0.1, -0.05) is 97.1 Å². The summed E-state index contributed by atoms with van der Waals surface area (Å²) in [6.07, 6.45) is 0.0133. The molecule has 0 spiro atoms. The molecule has 36 heavy (non-hydrogen) atoms. The van der Waals surface area contributed by atoms with Crippen molar-refractivity contribution >= 4 is 11.9 Å². The molecule has 0 N–H and O–H groups in total. The van der Waals surface area contributed by atoms with Gasteiger partial charge in [-0.05, 0) is 44.5 Å². The van der Waals surface area contributed by atoms with Crippen LogP contribution in [0.25, 0.3) is 22.3 Å². The van der Waals surface area contributed by atoms with Gasteiger partial charge in [-0.3, -0.25) is 9.59 Å². The van der Waals surface area contributed by atoms with E-state index in [1.165, 1.54) is 44.5 Å². The van der Waals surface area contributed by atoms with Gasteiger partial charge in [0.05, 0.1) is 12.8 Å². The molecule has 0 bridgehead atoms. The minimum atomic E-state index is -0.384. The zero-order chi connectivity index (χ0) is 24.5. The van der Waals surface area contributed by atoms with Crippen molar-refractivity contribution in [2.75, 3.05) is 13.2 Å². The van der Waals surface area contributed by atoms with Crippen molar-refractivity contribution < 1.29 is 19.1 Å². The molecule has 0 saturated carbocycles. The largest absolute Gasteiger partial charge is 0.465 e. The molecule has 0 heterocycles. The molecule has 0 unspecified atom stereocenters. The van der Waals surface area contributed by atoms with Crippen molar-refractivity contribution in [1.82, 2.24) is 0 Å². The molecule has 4 heteroatoms. The molecule has 0 atom stereocenters. The normalized spacial score (nSPS) is 13.4. The van der Waals surface area contributed by atoms with E-state index in [4.69, 9.17) is 9.47 Å². The standard InChI is InChI=1S/C32H26O4/c33-31(35-19-29-25-13-5-1-9-21(25)22-10-2-6-14-26(22)29)17-18-32(34)36-20-30-27-15-7-3-11-23(27)24-12-4-8-16-28(24)30/h1-16,29-30H,17-20H2. The Hall–Kier alpha value is -4.18. The van der Waals surface area contributed by atoms with Gasteiger partial charge < -0.3 is 9.47 Å². The summed E-state index contributed by atoms with van der Waals surface area (Å²) in [6.45, 7) is 0.523. The first-order valence-corrected chi connectivity index (χ1v) is 12.4. The highest BCUT2D eigenvalue weighted by Crippen LogP contribution is 2.45. The Morgan fingerprint density at radius 3 is 1.06 bits per heavy atom. The van der Waals surface area contributed by atoms with Crippen LogP contribution in [0.4, 0.5) is 0 Å². The molecule has 2 aliphatic carbocycles. The Morgan fingerprint density at radius 1 is 0.472 bits per heavy atom. The van der Waals surface area contributed by atoms with Gasteiger partial charge in [-0.25, -0.2) is 0 Å². The Balaban J connectivity index is 1.03. The fourth-order valence-electron chi connectivity index (χ4n) is 5.58. The minimum Gasteiger partial charge on any atom is -0.465 e. The summed E-state index contributed by atoms with van der Waals surface area (Å²) in [4.78, 5) is 25.0. The summed E-state index contributed by atoms with van der Waals surface area (Å²) in [5.74, 6) is -0.748. The molecule has 6 rings (SSSR count). The maximum Gasteiger partial charge on any atom is 0.306 e. The monoisotopic (exact) mass is 474 g/mol. The van der Waals surface area contributed by atoms with E-state index in [-0.39, 0.29) is 49.8 Å². The summed E-state index contributed by atoms with van der Waals surface area (Å²) in [7, 11) is 0. The molecule has 178 valence electrons. The lowest BCUT2D eigenvalue weighted by molar-refractivity contribution is -0.150. The zero-order valence-electron chi connectivity index (χ0n) is 19.9. The predicted octanol–water partition coefficient (Wildman–Crippen LogP) is 6.48. The van der Waals surface area contributed by atoms with Crippen molar-refractivity contribution in [1.29, 1.82) is 0 Å². The highest BCUT2D eigenvalue weighted by atomic mass is 16.5. The predicted molar refractivity (Wildman–Crippen MR) is 139 cm³/mol. The summed E-state index contributed by atoms with van der Waals surface area (Å²) in [5.41, 5.74) is 9.43. The van der Waals surface area contributed by atoms with E-state index in [9.17, 15) is 9.59 Å². The lowest BCUT2D eigenvalue weighted by Crippen LogP contribution is -2.16. The number of carbonyl (C=O) groups excluding carboxylic acids is 2. The third-order valence-corrected chi connectivity index (χ3v) is 7.28. The van der Waals surface area contributed by atoms with Crippen LogP contribution in [0.5, 0.6) is 0 Å². The molecule has 4 aromatic carbocycles. The van der Waals surface area contributed by atoms with Crippen LogP contribution in [0.1, 0.15) is 46.9 Å². The molecule has 0 aromatic heterocycles. The van der Waals surface area contributed by atoms with Gasteiger partial charge in [0.2, 0.25) is 0 Å². The highest BCUT2D eigenvalue weighted by Gasteiger charge is 2.30. The summed E-state index contributed by atoms with van der Waals surface area (Å²) < 4.78 is 11.2. The topological polar surface area (TPSA) is 52.6 Å². The second-order valence-corrected chi connectivity index (χ2v) is 9.32. The minimum absolute atomic E-state index is 0.00663. The molecule has 0 radical (unpaired) electrons. The average molecular weight is 475 g/mol. The second-order valence-electron chi connectivity index (χ2n) is 9.32. The van der Waals surface area contributed by atoms with Crippen LogP contribution in [0.3, 0.4) is 0 Å². The van der Waals surface area contributed by atoms with Crippen LogP contribution in [-0.2, 0) is 19.1 Å². The second kappa shape index (κ2) is 9.46. The van der Waals surface area contributed by atoms with Gasteiger partial charge in [-0.2, -0.15) is 0 Å². The molecular weight excluding hydrogens is 448 g/mol. The first kappa shape index (κ1) is 22.3. The highest BCUT2D eigenvalue weighted by molar-refractivity contribution is 5.81. The SMILES string of the molecule is O=C(CCC(=O)OCC1c2ccccc2-c2ccccc21)OCC1c2ccccc2-c2ccccc21. The van der Waals surface area contributed by atoms with E-state index >= 15 is 0 Å². The number of esters is 2. The van der Waals surface area contributed by atoms with E-state index in [0.29, 0.717) is 0 Å². The Kier molecular flexibility index (Phi) is 5.86. The lowest BCUT2D eigenvalue weighted by Gasteiger charge is -2.15. The number of benzene rings is 4. The van der Waals surface area contributed by atoms with Gasteiger partial charge in [0.25, 0.3) is 0 Å². The molecule has 0 fully saturated rings. The Bertz CT molecular complexity index is 1250. The van der Waals surface area contributed by atoms with E-state index < -0.39 is 0 Å². The van der Waals surface area contributed by atoms with Gasteiger partial charge >= 0.3 is 11.9 Å². The number of carbonyl (C=O) groups is 2. The van der Waals surface area contributed by atoms with E-state index in [1.54, 1.807) is 0 Å². The Morgan fingerprint density at radius 2 is 0.750 bits per heavy atom. The smallest absolute Gasteiger partial charge is 0.306 e. The van der Waals surface area contributed by atoms with Gasteiger partial charge in [0.15, 0.2) is 0 Å². The van der Waals surface area contributed by atoms with Crippen LogP contribution in [0, 0.1) is 0 Å². The molecule has 0 amide bonds.